The zero-order chi connectivity index (χ0) is 26.1. The van der Waals surface area contributed by atoms with Crippen LogP contribution in [0.4, 0.5) is 0 Å². The second-order valence-electron chi connectivity index (χ2n) is 9.70. The van der Waals surface area contributed by atoms with E-state index in [9.17, 15) is 4.79 Å². The summed E-state index contributed by atoms with van der Waals surface area (Å²) >= 11 is 0. The minimum atomic E-state index is -0.551. The van der Waals surface area contributed by atoms with Crippen molar-refractivity contribution in [2.24, 2.45) is 0 Å². The number of ether oxygens (including phenoxy) is 4. The Kier molecular flexibility index (Phi) is 14.9. The molecule has 0 amide bonds. The predicted molar refractivity (Wildman–Crippen MR) is 141 cm³/mol. The van der Waals surface area contributed by atoms with Gasteiger partial charge in [0.15, 0.2) is 0 Å². The first-order valence-corrected chi connectivity index (χ1v) is 13.2. The molecular formula is C26H47N5O5. The summed E-state index contributed by atoms with van der Waals surface area (Å²) in [7, 11) is 0. The molecular weight excluding hydrogens is 462 g/mol. The summed E-state index contributed by atoms with van der Waals surface area (Å²) in [5, 5.41) is 10.3. The number of aromatic nitrogens is 1. The van der Waals surface area contributed by atoms with Crippen LogP contribution in [0, 0.1) is 0 Å². The van der Waals surface area contributed by atoms with Crippen LogP contribution in [0.2, 0.25) is 0 Å². The van der Waals surface area contributed by atoms with E-state index in [1.165, 1.54) is 0 Å². The van der Waals surface area contributed by atoms with Crippen LogP contribution < -0.4 is 20.7 Å². The average Bonchev–Trinajstić information content (AvgIpc) is 2.82. The second-order valence-corrected chi connectivity index (χ2v) is 9.70. The van der Waals surface area contributed by atoms with E-state index in [4.69, 9.17) is 18.9 Å². The van der Waals surface area contributed by atoms with Crippen molar-refractivity contribution in [2.45, 2.75) is 45.8 Å². The van der Waals surface area contributed by atoms with E-state index < -0.39 is 11.6 Å². The standard InChI is InChI=1S/C26H47N5O5/c1-5-33-16-17-34-18-19-35-24-7-6-22(21-30-24)20-23(25(32)36-26(2,3)4)31-14-12-28-10-8-27-9-11-29-13-15-31/h6-7,21,23,27-29H,5,8-20H2,1-4H3. The molecule has 1 aromatic rings. The number of nitrogens with zero attached hydrogens (tertiary/aromatic N) is 2. The lowest BCUT2D eigenvalue weighted by Gasteiger charge is -2.33. The summed E-state index contributed by atoms with van der Waals surface area (Å²) < 4.78 is 22.2. The van der Waals surface area contributed by atoms with Gasteiger partial charge in [-0.1, -0.05) is 6.07 Å². The third kappa shape index (κ3) is 13.5. The summed E-state index contributed by atoms with van der Waals surface area (Å²) in [6.07, 6.45) is 2.30. The number of carbonyl (C=O) groups is 1. The molecule has 0 aliphatic carbocycles. The van der Waals surface area contributed by atoms with E-state index in [0.717, 1.165) is 57.9 Å². The van der Waals surface area contributed by atoms with E-state index in [1.807, 2.05) is 39.8 Å². The SMILES string of the molecule is CCOCCOCCOc1ccc(CC(C(=O)OC(C)(C)C)N2CCNCCNCCNCC2)cn1. The van der Waals surface area contributed by atoms with Gasteiger partial charge in [0.05, 0.1) is 19.8 Å². The van der Waals surface area contributed by atoms with Gasteiger partial charge >= 0.3 is 5.97 Å². The molecule has 2 rings (SSSR count). The molecule has 1 saturated heterocycles. The zero-order valence-electron chi connectivity index (χ0n) is 22.6. The van der Waals surface area contributed by atoms with Crippen LogP contribution in [-0.2, 0) is 25.4 Å². The fourth-order valence-corrected chi connectivity index (χ4v) is 3.74. The monoisotopic (exact) mass is 509 g/mol. The van der Waals surface area contributed by atoms with Gasteiger partial charge in [-0.25, -0.2) is 4.98 Å². The lowest BCUT2D eigenvalue weighted by molar-refractivity contribution is -0.161. The van der Waals surface area contributed by atoms with Crippen molar-refractivity contribution >= 4 is 5.97 Å². The fourth-order valence-electron chi connectivity index (χ4n) is 3.74. The Bertz CT molecular complexity index is 702. The zero-order valence-corrected chi connectivity index (χ0v) is 22.6. The third-order valence-electron chi connectivity index (χ3n) is 5.51. The Morgan fingerprint density at radius 2 is 1.56 bits per heavy atom. The lowest BCUT2D eigenvalue weighted by atomic mass is 10.1. The number of rotatable bonds is 12. The Hall–Kier alpha value is -1.82. The fraction of sp³-hybridized carbons (Fsp3) is 0.769. The Morgan fingerprint density at radius 3 is 2.14 bits per heavy atom. The van der Waals surface area contributed by atoms with Crippen molar-refractivity contribution in [3.63, 3.8) is 0 Å². The molecule has 1 atom stereocenters. The summed E-state index contributed by atoms with van der Waals surface area (Å²) in [5.74, 6) is 0.329. The van der Waals surface area contributed by atoms with Crippen molar-refractivity contribution in [3.8, 4) is 5.88 Å². The van der Waals surface area contributed by atoms with Crippen LogP contribution in [0.5, 0.6) is 5.88 Å². The molecule has 1 unspecified atom stereocenters. The number of hydrogen-bond acceptors (Lipinski definition) is 10. The van der Waals surface area contributed by atoms with Crippen molar-refractivity contribution < 1.29 is 23.7 Å². The maximum absolute atomic E-state index is 13.3. The number of nitrogens with one attached hydrogen (secondary N) is 3. The molecule has 2 heterocycles. The smallest absolute Gasteiger partial charge is 0.324 e. The van der Waals surface area contributed by atoms with Crippen LogP contribution in [0.1, 0.15) is 33.3 Å². The average molecular weight is 510 g/mol. The van der Waals surface area contributed by atoms with Crippen molar-refractivity contribution in [1.29, 1.82) is 0 Å². The van der Waals surface area contributed by atoms with Gasteiger partial charge in [-0.3, -0.25) is 9.69 Å². The molecule has 0 spiro atoms. The maximum atomic E-state index is 13.3. The summed E-state index contributed by atoms with van der Waals surface area (Å²) in [6.45, 7) is 17.2. The highest BCUT2D eigenvalue weighted by Gasteiger charge is 2.30. The first kappa shape index (κ1) is 30.4. The van der Waals surface area contributed by atoms with Crippen molar-refractivity contribution in [1.82, 2.24) is 25.8 Å². The molecule has 0 saturated carbocycles. The van der Waals surface area contributed by atoms with E-state index in [1.54, 1.807) is 6.20 Å². The highest BCUT2D eigenvalue weighted by molar-refractivity contribution is 5.76. The molecule has 1 aliphatic heterocycles. The minimum absolute atomic E-state index is 0.208. The molecule has 0 radical (unpaired) electrons. The highest BCUT2D eigenvalue weighted by atomic mass is 16.6. The van der Waals surface area contributed by atoms with E-state index in [0.29, 0.717) is 45.3 Å². The quantitative estimate of drug-likeness (QED) is 0.277. The number of carbonyl (C=O) groups excluding carboxylic acids is 1. The molecule has 36 heavy (non-hydrogen) atoms. The molecule has 0 aromatic carbocycles. The molecule has 0 bridgehead atoms. The van der Waals surface area contributed by atoms with E-state index in [2.05, 4.69) is 25.8 Å². The molecule has 206 valence electrons. The Morgan fingerprint density at radius 1 is 0.944 bits per heavy atom. The maximum Gasteiger partial charge on any atom is 0.324 e. The topological polar surface area (TPSA) is 106 Å². The van der Waals surface area contributed by atoms with Crippen LogP contribution in [0.15, 0.2) is 18.3 Å². The van der Waals surface area contributed by atoms with Gasteiger partial charge in [0.1, 0.15) is 18.2 Å². The third-order valence-corrected chi connectivity index (χ3v) is 5.51. The van der Waals surface area contributed by atoms with Gasteiger partial charge in [0, 0.05) is 77.6 Å². The molecule has 3 N–H and O–H groups in total. The molecule has 10 nitrogen and oxygen atoms in total. The lowest BCUT2D eigenvalue weighted by Crippen LogP contribution is -2.51. The normalized spacial score (nSPS) is 17.6. The van der Waals surface area contributed by atoms with Gasteiger partial charge in [0.25, 0.3) is 0 Å². The largest absolute Gasteiger partial charge is 0.475 e. The Balaban J connectivity index is 1.98. The predicted octanol–water partition coefficient (Wildman–Crippen LogP) is 0.851. The van der Waals surface area contributed by atoms with Crippen LogP contribution >= 0.6 is 0 Å². The number of pyridine rings is 1. The van der Waals surface area contributed by atoms with Crippen molar-refractivity contribution in [3.05, 3.63) is 23.9 Å². The van der Waals surface area contributed by atoms with Gasteiger partial charge in [0.2, 0.25) is 5.88 Å². The first-order chi connectivity index (χ1) is 17.4. The molecule has 1 aromatic heterocycles. The van der Waals surface area contributed by atoms with Gasteiger partial charge in [-0.2, -0.15) is 0 Å². The van der Waals surface area contributed by atoms with Crippen LogP contribution in [0.3, 0.4) is 0 Å². The summed E-state index contributed by atoms with van der Waals surface area (Å²) in [4.78, 5) is 19.9. The minimum Gasteiger partial charge on any atom is -0.475 e. The first-order valence-electron chi connectivity index (χ1n) is 13.2. The van der Waals surface area contributed by atoms with Crippen LogP contribution in [-0.4, -0.2) is 113 Å². The van der Waals surface area contributed by atoms with Gasteiger partial charge in [-0.05, 0) is 33.3 Å². The number of esters is 1. The molecule has 10 heteroatoms. The second kappa shape index (κ2) is 17.6. The Labute approximate surface area is 216 Å². The summed E-state index contributed by atoms with van der Waals surface area (Å²) in [5.41, 5.74) is 0.410. The molecule has 1 aliphatic rings. The molecule has 1 fully saturated rings. The highest BCUT2D eigenvalue weighted by Crippen LogP contribution is 2.17. The summed E-state index contributed by atoms with van der Waals surface area (Å²) in [6, 6.07) is 3.41. The van der Waals surface area contributed by atoms with E-state index >= 15 is 0 Å². The van der Waals surface area contributed by atoms with Gasteiger partial charge < -0.3 is 34.9 Å². The van der Waals surface area contributed by atoms with Crippen LogP contribution in [0.25, 0.3) is 0 Å². The van der Waals surface area contributed by atoms with E-state index in [-0.39, 0.29) is 5.97 Å². The van der Waals surface area contributed by atoms with Crippen molar-refractivity contribution in [2.75, 3.05) is 85.4 Å². The van der Waals surface area contributed by atoms with Gasteiger partial charge in [-0.15, -0.1) is 0 Å². The number of hydrogen-bond donors (Lipinski definition) is 3.